The summed E-state index contributed by atoms with van der Waals surface area (Å²) < 4.78 is 0. The van der Waals surface area contributed by atoms with E-state index in [0.717, 1.165) is 0 Å². The summed E-state index contributed by atoms with van der Waals surface area (Å²) in [5.74, 6) is 0. The fourth-order valence-corrected chi connectivity index (χ4v) is 0.777. The number of nitrogens with zero attached hydrogens (tertiary/aromatic N) is 1. The first kappa shape index (κ1) is 9.88. The molecule has 3 N–H and O–H groups in total. The molecule has 0 rings (SSSR count). The van der Waals surface area contributed by atoms with Gasteiger partial charge in [0.05, 0.1) is 6.10 Å². The summed E-state index contributed by atoms with van der Waals surface area (Å²) in [6.07, 6.45) is -0.265. The van der Waals surface area contributed by atoms with Crippen LogP contribution >= 0.6 is 0 Å². The van der Waals surface area contributed by atoms with Crippen molar-refractivity contribution in [2.75, 3.05) is 20.1 Å². The molecule has 62 valence electrons. The molecule has 0 aromatic rings. The van der Waals surface area contributed by atoms with Gasteiger partial charge < -0.3 is 10.8 Å². The monoisotopic (exact) mass is 146 g/mol. The lowest BCUT2D eigenvalue weighted by Gasteiger charge is -2.24. The zero-order chi connectivity index (χ0) is 8.15. The molecule has 0 aromatic heterocycles. The highest BCUT2D eigenvalue weighted by atomic mass is 16.3. The second-order valence-corrected chi connectivity index (χ2v) is 2.87. The summed E-state index contributed by atoms with van der Waals surface area (Å²) in [7, 11) is 1.96. The summed E-state index contributed by atoms with van der Waals surface area (Å²) in [6, 6.07) is 0.356. The number of nitrogens with two attached hydrogens (primary N) is 1. The Morgan fingerprint density at radius 3 is 2.30 bits per heavy atom. The molecule has 1 unspecified atom stereocenters. The van der Waals surface area contributed by atoms with E-state index in [1.54, 1.807) is 6.92 Å². The summed E-state index contributed by atoms with van der Waals surface area (Å²) in [6.45, 7) is 5.16. The molecule has 0 saturated heterocycles. The smallest absolute Gasteiger partial charge is 0.0639 e. The molecule has 10 heavy (non-hydrogen) atoms. The molecule has 0 amide bonds. The third-order valence-corrected chi connectivity index (χ3v) is 1.65. The minimum absolute atomic E-state index is 0.265. The second kappa shape index (κ2) is 4.66. The van der Waals surface area contributed by atoms with Crippen molar-refractivity contribution in [3.63, 3.8) is 0 Å². The molecule has 0 aliphatic rings. The highest BCUT2D eigenvalue weighted by molar-refractivity contribution is 4.65. The van der Waals surface area contributed by atoms with Gasteiger partial charge in [-0.2, -0.15) is 0 Å². The number of likely N-dealkylation sites (N-methyl/N-ethyl adjacent to an activating group) is 1. The van der Waals surface area contributed by atoms with Crippen molar-refractivity contribution in [3.8, 4) is 0 Å². The van der Waals surface area contributed by atoms with Crippen molar-refractivity contribution in [1.82, 2.24) is 4.90 Å². The van der Waals surface area contributed by atoms with Crippen LogP contribution in [0, 0.1) is 0 Å². The highest BCUT2D eigenvalue weighted by Crippen LogP contribution is 1.94. The van der Waals surface area contributed by atoms with Gasteiger partial charge in [-0.15, -0.1) is 0 Å². The van der Waals surface area contributed by atoms with Crippen LogP contribution in [0.5, 0.6) is 0 Å². The van der Waals surface area contributed by atoms with Crippen LogP contribution < -0.4 is 5.73 Å². The van der Waals surface area contributed by atoms with Gasteiger partial charge in [-0.25, -0.2) is 0 Å². The minimum atomic E-state index is -0.265. The second-order valence-electron chi connectivity index (χ2n) is 2.87. The molecule has 0 fully saturated rings. The van der Waals surface area contributed by atoms with Gasteiger partial charge in [0.25, 0.3) is 0 Å². The van der Waals surface area contributed by atoms with Crippen LogP contribution in [0.15, 0.2) is 0 Å². The number of aliphatic hydroxyl groups is 1. The normalized spacial score (nSPS) is 17.4. The minimum Gasteiger partial charge on any atom is -0.392 e. The Hall–Kier alpha value is -0.120. The third-order valence-electron chi connectivity index (χ3n) is 1.65. The molecule has 0 radical (unpaired) electrons. The zero-order valence-electron chi connectivity index (χ0n) is 7.04. The van der Waals surface area contributed by atoms with Gasteiger partial charge in [0.1, 0.15) is 0 Å². The molecule has 0 heterocycles. The van der Waals surface area contributed by atoms with Crippen molar-refractivity contribution in [2.24, 2.45) is 5.73 Å². The van der Waals surface area contributed by atoms with E-state index in [-0.39, 0.29) is 6.10 Å². The molecule has 0 saturated carbocycles. The van der Waals surface area contributed by atoms with Crippen LogP contribution in [0.4, 0.5) is 0 Å². The standard InChI is InChI=1S/C7H18N2O/c1-6(4-8)9(3)5-7(2)10/h6-7,10H,4-5,8H2,1-3H3/t6?,7-/m0/s1. The number of hydrogen-bond donors (Lipinski definition) is 2. The van der Waals surface area contributed by atoms with Crippen molar-refractivity contribution in [1.29, 1.82) is 0 Å². The van der Waals surface area contributed by atoms with Crippen LogP contribution in [0.3, 0.4) is 0 Å². The molecule has 0 aliphatic heterocycles. The molecular formula is C7H18N2O. The van der Waals surface area contributed by atoms with Crippen LogP contribution in [0.2, 0.25) is 0 Å². The van der Waals surface area contributed by atoms with Gasteiger partial charge in [0.2, 0.25) is 0 Å². The summed E-state index contributed by atoms with van der Waals surface area (Å²) in [4.78, 5) is 2.05. The lowest BCUT2D eigenvalue weighted by atomic mass is 10.3. The predicted molar refractivity (Wildman–Crippen MR) is 42.8 cm³/mol. The predicted octanol–water partition coefficient (Wildman–Crippen LogP) is -0.354. The van der Waals surface area contributed by atoms with E-state index >= 15 is 0 Å². The Morgan fingerprint density at radius 2 is 2.00 bits per heavy atom. The van der Waals surface area contributed by atoms with Crippen molar-refractivity contribution in [3.05, 3.63) is 0 Å². The Morgan fingerprint density at radius 1 is 1.50 bits per heavy atom. The van der Waals surface area contributed by atoms with E-state index < -0.39 is 0 Å². The first-order chi connectivity index (χ1) is 4.57. The lowest BCUT2D eigenvalue weighted by Crippen LogP contribution is -2.39. The number of hydrogen-bond acceptors (Lipinski definition) is 3. The van der Waals surface area contributed by atoms with Crippen LogP contribution in [0.25, 0.3) is 0 Å². The maximum atomic E-state index is 8.98. The zero-order valence-corrected chi connectivity index (χ0v) is 7.04. The van der Waals surface area contributed by atoms with Gasteiger partial charge in [0.15, 0.2) is 0 Å². The molecule has 0 bridgehead atoms. The summed E-state index contributed by atoms with van der Waals surface area (Å²) in [5.41, 5.74) is 5.43. The highest BCUT2D eigenvalue weighted by Gasteiger charge is 2.08. The van der Waals surface area contributed by atoms with E-state index in [4.69, 9.17) is 10.8 Å². The fraction of sp³-hybridized carbons (Fsp3) is 1.00. The Labute approximate surface area is 62.8 Å². The van der Waals surface area contributed by atoms with E-state index in [1.807, 2.05) is 18.9 Å². The van der Waals surface area contributed by atoms with Gasteiger partial charge in [-0.3, -0.25) is 4.90 Å². The molecule has 0 aromatic carbocycles. The lowest BCUT2D eigenvalue weighted by molar-refractivity contribution is 0.123. The first-order valence-electron chi connectivity index (χ1n) is 3.66. The van der Waals surface area contributed by atoms with Crippen molar-refractivity contribution >= 4 is 0 Å². The molecule has 2 atom stereocenters. The van der Waals surface area contributed by atoms with Gasteiger partial charge >= 0.3 is 0 Å². The SMILES string of the molecule is CC(CN)N(C)C[C@H](C)O. The van der Waals surface area contributed by atoms with Crippen LogP contribution in [-0.2, 0) is 0 Å². The van der Waals surface area contributed by atoms with Crippen molar-refractivity contribution < 1.29 is 5.11 Å². The Kier molecular flexibility index (Phi) is 4.60. The molecule has 0 aliphatic carbocycles. The first-order valence-corrected chi connectivity index (χ1v) is 3.66. The largest absolute Gasteiger partial charge is 0.392 e. The van der Waals surface area contributed by atoms with E-state index in [1.165, 1.54) is 0 Å². The summed E-state index contributed by atoms with van der Waals surface area (Å²) >= 11 is 0. The summed E-state index contributed by atoms with van der Waals surface area (Å²) in [5, 5.41) is 8.98. The van der Waals surface area contributed by atoms with E-state index in [9.17, 15) is 0 Å². The van der Waals surface area contributed by atoms with E-state index in [2.05, 4.69) is 0 Å². The maximum absolute atomic E-state index is 8.98. The van der Waals surface area contributed by atoms with E-state index in [0.29, 0.717) is 19.1 Å². The third kappa shape index (κ3) is 3.82. The number of aliphatic hydroxyl groups excluding tert-OH is 1. The number of rotatable bonds is 4. The van der Waals surface area contributed by atoms with Gasteiger partial charge in [-0.1, -0.05) is 0 Å². The topological polar surface area (TPSA) is 49.5 Å². The molecule has 3 heteroatoms. The average molecular weight is 146 g/mol. The molecular weight excluding hydrogens is 128 g/mol. The average Bonchev–Trinajstić information content (AvgIpc) is 1.85. The van der Waals surface area contributed by atoms with Gasteiger partial charge in [-0.05, 0) is 20.9 Å². The fourth-order valence-electron chi connectivity index (χ4n) is 0.777. The van der Waals surface area contributed by atoms with Crippen LogP contribution in [0.1, 0.15) is 13.8 Å². The molecule has 3 nitrogen and oxygen atoms in total. The van der Waals surface area contributed by atoms with Crippen LogP contribution in [-0.4, -0.2) is 42.3 Å². The van der Waals surface area contributed by atoms with Crippen molar-refractivity contribution in [2.45, 2.75) is 26.0 Å². The Bertz CT molecular complexity index is 85.7. The Balaban J connectivity index is 3.50. The van der Waals surface area contributed by atoms with Gasteiger partial charge in [0, 0.05) is 19.1 Å². The molecule has 0 spiro atoms. The quantitative estimate of drug-likeness (QED) is 0.570. The maximum Gasteiger partial charge on any atom is 0.0639 e.